The Morgan fingerprint density at radius 3 is 2.44 bits per heavy atom. The number of nitriles is 1. The minimum absolute atomic E-state index is 0.374. The topological polar surface area (TPSA) is 49.0 Å². The lowest BCUT2D eigenvalue weighted by atomic mass is 10.1. The minimum atomic E-state index is 0.374. The van der Waals surface area contributed by atoms with Gasteiger partial charge in [0.25, 0.3) is 0 Å². The third kappa shape index (κ3) is 2.31. The highest BCUT2D eigenvalue weighted by Crippen LogP contribution is 2.09. The summed E-state index contributed by atoms with van der Waals surface area (Å²) in [6, 6.07) is 16.9. The van der Waals surface area contributed by atoms with Crippen LogP contribution >= 0.6 is 0 Å². The molecule has 0 fully saturated rings. The molecule has 3 heteroatoms. The van der Waals surface area contributed by atoms with Crippen LogP contribution in [0.1, 0.15) is 5.56 Å². The van der Waals surface area contributed by atoms with Crippen molar-refractivity contribution in [2.24, 2.45) is 4.99 Å². The molecule has 0 spiro atoms. The Hall–Kier alpha value is -2.47. The first-order valence-corrected chi connectivity index (χ1v) is 4.85. The van der Waals surface area contributed by atoms with Gasteiger partial charge < -0.3 is 0 Å². The Labute approximate surface area is 93.7 Å². The first kappa shape index (κ1) is 10.1. The van der Waals surface area contributed by atoms with Crippen LogP contribution < -0.4 is 0 Å². The minimum Gasteiger partial charge on any atom is -0.237 e. The van der Waals surface area contributed by atoms with E-state index in [2.05, 4.69) is 16.0 Å². The maximum absolute atomic E-state index is 9.03. The number of hydrogen-bond acceptors (Lipinski definition) is 3. The van der Waals surface area contributed by atoms with Crippen molar-refractivity contribution in [3.63, 3.8) is 0 Å². The fourth-order valence-electron chi connectivity index (χ4n) is 1.28. The molecule has 0 aliphatic rings. The Morgan fingerprint density at radius 1 is 1.06 bits per heavy atom. The summed E-state index contributed by atoms with van der Waals surface area (Å²) in [4.78, 5) is 8.25. The molecule has 0 N–H and O–H groups in total. The van der Waals surface area contributed by atoms with E-state index in [0.29, 0.717) is 11.5 Å². The lowest BCUT2D eigenvalue weighted by molar-refractivity contribution is 1.27. The highest BCUT2D eigenvalue weighted by molar-refractivity contribution is 6.12. The van der Waals surface area contributed by atoms with Crippen molar-refractivity contribution in [2.45, 2.75) is 0 Å². The zero-order chi connectivity index (χ0) is 11.2. The van der Waals surface area contributed by atoms with E-state index in [4.69, 9.17) is 5.26 Å². The lowest BCUT2D eigenvalue weighted by Crippen LogP contribution is -1.95. The standard InChI is InChI=1S/C13H9N3/c14-10-12(11-6-2-1-3-7-11)16-13-8-4-5-9-15-13/h1-9H/b16-12-. The van der Waals surface area contributed by atoms with Gasteiger partial charge >= 0.3 is 0 Å². The molecule has 3 nitrogen and oxygen atoms in total. The van der Waals surface area contributed by atoms with Gasteiger partial charge in [-0.25, -0.2) is 9.98 Å². The Morgan fingerprint density at radius 2 is 1.81 bits per heavy atom. The summed E-state index contributed by atoms with van der Waals surface area (Å²) in [6.45, 7) is 0. The molecule has 0 unspecified atom stereocenters. The number of nitrogens with zero attached hydrogens (tertiary/aromatic N) is 3. The summed E-state index contributed by atoms with van der Waals surface area (Å²) in [6.07, 6.45) is 1.65. The molecular formula is C13H9N3. The Bertz CT molecular complexity index is 524. The number of rotatable bonds is 2. The summed E-state index contributed by atoms with van der Waals surface area (Å²) in [5.74, 6) is 0.544. The second kappa shape index (κ2) is 4.85. The van der Waals surface area contributed by atoms with E-state index in [1.165, 1.54) is 0 Å². The van der Waals surface area contributed by atoms with Crippen molar-refractivity contribution < 1.29 is 0 Å². The predicted octanol–water partition coefficient (Wildman–Crippen LogP) is 2.73. The van der Waals surface area contributed by atoms with Crippen molar-refractivity contribution >= 4 is 11.5 Å². The molecule has 0 aliphatic heterocycles. The summed E-state index contributed by atoms with van der Waals surface area (Å²) in [7, 11) is 0. The smallest absolute Gasteiger partial charge is 0.153 e. The SMILES string of the molecule is N#C/C(=N/c1ccccn1)c1ccccc1. The largest absolute Gasteiger partial charge is 0.237 e. The fraction of sp³-hybridized carbons (Fsp3) is 0. The molecule has 0 aliphatic carbocycles. The normalized spacial score (nSPS) is 10.8. The maximum Gasteiger partial charge on any atom is 0.153 e. The van der Waals surface area contributed by atoms with Crippen molar-refractivity contribution in [1.82, 2.24) is 4.98 Å². The third-order valence-corrected chi connectivity index (χ3v) is 2.03. The zero-order valence-corrected chi connectivity index (χ0v) is 8.54. The van der Waals surface area contributed by atoms with Crippen LogP contribution in [0.25, 0.3) is 0 Å². The van der Waals surface area contributed by atoms with E-state index >= 15 is 0 Å². The number of aromatic nitrogens is 1. The van der Waals surface area contributed by atoms with Gasteiger partial charge in [0.2, 0.25) is 0 Å². The molecule has 1 aromatic heterocycles. The molecule has 0 amide bonds. The second-order valence-electron chi connectivity index (χ2n) is 3.13. The van der Waals surface area contributed by atoms with Crippen molar-refractivity contribution in [1.29, 1.82) is 5.26 Å². The zero-order valence-electron chi connectivity index (χ0n) is 8.54. The maximum atomic E-state index is 9.03. The van der Waals surface area contributed by atoms with E-state index in [0.717, 1.165) is 5.56 Å². The van der Waals surface area contributed by atoms with Crippen LogP contribution in [0.4, 0.5) is 5.82 Å². The van der Waals surface area contributed by atoms with Crippen molar-refractivity contribution in [2.75, 3.05) is 0 Å². The molecule has 76 valence electrons. The molecule has 0 bridgehead atoms. The summed E-state index contributed by atoms with van der Waals surface area (Å²) < 4.78 is 0. The Kier molecular flexibility index (Phi) is 3.05. The molecule has 2 aromatic rings. The van der Waals surface area contributed by atoms with Crippen molar-refractivity contribution in [3.05, 3.63) is 60.3 Å². The van der Waals surface area contributed by atoms with Crippen LogP contribution in [-0.4, -0.2) is 10.7 Å². The number of aliphatic imine (C=N–C) groups is 1. The number of benzene rings is 1. The first-order valence-electron chi connectivity index (χ1n) is 4.85. The van der Waals surface area contributed by atoms with Gasteiger partial charge in [0.15, 0.2) is 5.82 Å². The van der Waals surface area contributed by atoms with E-state index in [-0.39, 0.29) is 0 Å². The highest BCUT2D eigenvalue weighted by Gasteiger charge is 2.01. The average Bonchev–Trinajstić information content (AvgIpc) is 2.38. The average molecular weight is 207 g/mol. The first-order chi connectivity index (χ1) is 7.90. The van der Waals surface area contributed by atoms with Crippen LogP contribution in [0, 0.1) is 11.3 Å². The highest BCUT2D eigenvalue weighted by atomic mass is 14.9. The van der Waals surface area contributed by atoms with Gasteiger partial charge in [-0.1, -0.05) is 36.4 Å². The third-order valence-electron chi connectivity index (χ3n) is 2.03. The van der Waals surface area contributed by atoms with Gasteiger partial charge in [0.1, 0.15) is 11.8 Å². The quantitative estimate of drug-likeness (QED) is 0.711. The lowest BCUT2D eigenvalue weighted by Gasteiger charge is -1.97. The van der Waals surface area contributed by atoms with E-state index in [9.17, 15) is 0 Å². The molecule has 0 atom stereocenters. The van der Waals surface area contributed by atoms with Gasteiger partial charge in [0, 0.05) is 11.8 Å². The molecule has 1 aromatic carbocycles. The second-order valence-corrected chi connectivity index (χ2v) is 3.13. The molecule has 0 radical (unpaired) electrons. The van der Waals surface area contributed by atoms with Crippen LogP contribution in [-0.2, 0) is 0 Å². The van der Waals surface area contributed by atoms with Gasteiger partial charge in [-0.3, -0.25) is 0 Å². The van der Waals surface area contributed by atoms with Gasteiger partial charge in [-0.2, -0.15) is 5.26 Å². The van der Waals surface area contributed by atoms with Crippen LogP contribution in [0.3, 0.4) is 0 Å². The van der Waals surface area contributed by atoms with E-state index in [1.54, 1.807) is 12.3 Å². The van der Waals surface area contributed by atoms with Crippen LogP contribution in [0.2, 0.25) is 0 Å². The molecule has 0 saturated carbocycles. The van der Waals surface area contributed by atoms with Gasteiger partial charge in [-0.05, 0) is 12.1 Å². The fourth-order valence-corrected chi connectivity index (χ4v) is 1.28. The molecule has 0 saturated heterocycles. The number of hydrogen-bond donors (Lipinski definition) is 0. The van der Waals surface area contributed by atoms with Gasteiger partial charge in [0.05, 0.1) is 0 Å². The Balaban J connectivity index is 2.39. The monoisotopic (exact) mass is 207 g/mol. The predicted molar refractivity (Wildman–Crippen MR) is 62.5 cm³/mol. The summed E-state index contributed by atoms with van der Waals surface area (Å²) in [5.41, 5.74) is 1.18. The number of pyridine rings is 1. The summed E-state index contributed by atoms with van der Waals surface area (Å²) >= 11 is 0. The van der Waals surface area contributed by atoms with Gasteiger partial charge in [-0.15, -0.1) is 0 Å². The molecule has 2 rings (SSSR count). The van der Waals surface area contributed by atoms with E-state index < -0.39 is 0 Å². The van der Waals surface area contributed by atoms with E-state index in [1.807, 2.05) is 42.5 Å². The van der Waals surface area contributed by atoms with Crippen molar-refractivity contribution in [3.8, 4) is 6.07 Å². The molecule has 16 heavy (non-hydrogen) atoms. The van der Waals surface area contributed by atoms with Crippen LogP contribution in [0.5, 0.6) is 0 Å². The summed E-state index contributed by atoms with van der Waals surface area (Å²) in [5, 5.41) is 9.03. The molecular weight excluding hydrogens is 198 g/mol. The molecule has 1 heterocycles. The van der Waals surface area contributed by atoms with Crippen LogP contribution in [0.15, 0.2) is 59.7 Å².